The van der Waals surface area contributed by atoms with Crippen LogP contribution in [-0.2, 0) is 0 Å². The second-order valence-corrected chi connectivity index (χ2v) is 5.00. The van der Waals surface area contributed by atoms with Crippen LogP contribution in [0, 0.1) is 6.92 Å². The molecule has 112 valence electrons. The first-order valence-electron chi connectivity index (χ1n) is 7.14. The maximum absolute atomic E-state index is 12.2. The molecule has 0 saturated heterocycles. The van der Waals surface area contributed by atoms with Gasteiger partial charge in [0.2, 0.25) is 0 Å². The third-order valence-corrected chi connectivity index (χ3v) is 3.31. The van der Waals surface area contributed by atoms with Crippen LogP contribution < -0.4 is 10.1 Å². The number of fused-ring (bicyclic) bond motifs is 1. The molecule has 0 unspecified atom stereocenters. The Labute approximate surface area is 128 Å². The van der Waals surface area contributed by atoms with Crippen LogP contribution in [0.3, 0.4) is 0 Å². The molecule has 0 saturated carbocycles. The Bertz CT molecular complexity index is 781. The van der Waals surface area contributed by atoms with Gasteiger partial charge in [-0.15, -0.1) is 0 Å². The molecule has 0 fully saturated rings. The minimum Gasteiger partial charge on any atom is -0.492 e. The minimum atomic E-state index is -0.206. The Morgan fingerprint density at radius 3 is 2.86 bits per heavy atom. The van der Waals surface area contributed by atoms with Crippen LogP contribution >= 0.6 is 0 Å². The molecule has 5 nitrogen and oxygen atoms in total. The fourth-order valence-corrected chi connectivity index (χ4v) is 2.21. The molecule has 0 spiro atoms. The summed E-state index contributed by atoms with van der Waals surface area (Å²) >= 11 is 0. The van der Waals surface area contributed by atoms with E-state index in [9.17, 15) is 4.79 Å². The molecule has 1 aromatic heterocycles. The van der Waals surface area contributed by atoms with Crippen LogP contribution in [0.4, 0.5) is 4.79 Å². The molecule has 2 aromatic carbocycles. The quantitative estimate of drug-likeness (QED) is 0.753. The molecular weight excluding hydrogens is 278 g/mol. The second-order valence-electron chi connectivity index (χ2n) is 5.00. The Hall–Kier alpha value is -2.82. The largest absolute Gasteiger partial charge is 0.492 e. The molecule has 5 heteroatoms. The Morgan fingerprint density at radius 1 is 1.23 bits per heavy atom. The SMILES string of the molecule is Cc1ccc2c(c1)ncn2C(=O)NCCOc1ccccc1. The highest BCUT2D eigenvalue weighted by Gasteiger charge is 2.09. The first kappa shape index (κ1) is 14.1. The maximum Gasteiger partial charge on any atom is 0.327 e. The van der Waals surface area contributed by atoms with Crippen LogP contribution in [-0.4, -0.2) is 28.7 Å². The number of carbonyl (C=O) groups is 1. The molecule has 0 atom stereocenters. The fraction of sp³-hybridized carbons (Fsp3) is 0.176. The second kappa shape index (κ2) is 6.30. The number of nitrogens with one attached hydrogen (secondary N) is 1. The van der Waals surface area contributed by atoms with Gasteiger partial charge in [-0.25, -0.2) is 9.78 Å². The lowest BCUT2D eigenvalue weighted by molar-refractivity contribution is 0.238. The van der Waals surface area contributed by atoms with E-state index >= 15 is 0 Å². The summed E-state index contributed by atoms with van der Waals surface area (Å²) in [6, 6.07) is 15.1. The van der Waals surface area contributed by atoms with Crippen molar-refractivity contribution in [3.63, 3.8) is 0 Å². The number of para-hydroxylation sites is 1. The van der Waals surface area contributed by atoms with Crippen LogP contribution in [0.1, 0.15) is 5.56 Å². The number of nitrogens with zero attached hydrogens (tertiary/aromatic N) is 2. The number of imidazole rings is 1. The summed E-state index contributed by atoms with van der Waals surface area (Å²) in [5.74, 6) is 0.792. The lowest BCUT2D eigenvalue weighted by atomic mass is 10.2. The molecule has 0 aliphatic heterocycles. The van der Waals surface area contributed by atoms with E-state index < -0.39 is 0 Å². The van der Waals surface area contributed by atoms with Gasteiger partial charge in [-0.2, -0.15) is 0 Å². The van der Waals surface area contributed by atoms with Gasteiger partial charge in [-0.3, -0.25) is 4.57 Å². The number of aromatic nitrogens is 2. The predicted molar refractivity (Wildman–Crippen MR) is 85.2 cm³/mol. The number of carbonyl (C=O) groups excluding carboxylic acids is 1. The summed E-state index contributed by atoms with van der Waals surface area (Å²) in [7, 11) is 0. The summed E-state index contributed by atoms with van der Waals surface area (Å²) in [6.45, 7) is 2.85. The van der Waals surface area contributed by atoms with Crippen molar-refractivity contribution >= 4 is 17.1 Å². The summed E-state index contributed by atoms with van der Waals surface area (Å²) < 4.78 is 7.05. The van der Waals surface area contributed by atoms with Crippen molar-refractivity contribution in [3.8, 4) is 5.75 Å². The van der Waals surface area contributed by atoms with E-state index in [0.717, 1.165) is 22.3 Å². The van der Waals surface area contributed by atoms with Crippen LogP contribution in [0.25, 0.3) is 11.0 Å². The van der Waals surface area contributed by atoms with Crippen molar-refractivity contribution in [3.05, 3.63) is 60.4 Å². The summed E-state index contributed by atoms with van der Waals surface area (Å²) in [5, 5.41) is 2.82. The van der Waals surface area contributed by atoms with Gasteiger partial charge < -0.3 is 10.1 Å². The molecule has 0 radical (unpaired) electrons. The lowest BCUT2D eigenvalue weighted by Gasteiger charge is -2.08. The van der Waals surface area contributed by atoms with Gasteiger partial charge in [0.15, 0.2) is 0 Å². The van der Waals surface area contributed by atoms with E-state index in [4.69, 9.17) is 4.74 Å². The Morgan fingerprint density at radius 2 is 2.05 bits per heavy atom. The van der Waals surface area contributed by atoms with Crippen molar-refractivity contribution in [1.29, 1.82) is 0 Å². The van der Waals surface area contributed by atoms with Crippen molar-refractivity contribution in [2.45, 2.75) is 6.92 Å². The number of aryl methyl sites for hydroxylation is 1. The summed E-state index contributed by atoms with van der Waals surface area (Å²) in [6.07, 6.45) is 1.54. The maximum atomic E-state index is 12.2. The van der Waals surface area contributed by atoms with Crippen LogP contribution in [0.2, 0.25) is 0 Å². The van der Waals surface area contributed by atoms with E-state index in [1.54, 1.807) is 0 Å². The number of hydrogen-bond donors (Lipinski definition) is 1. The van der Waals surface area contributed by atoms with E-state index in [2.05, 4.69) is 10.3 Å². The smallest absolute Gasteiger partial charge is 0.327 e. The highest BCUT2D eigenvalue weighted by atomic mass is 16.5. The molecule has 3 aromatic rings. The highest BCUT2D eigenvalue weighted by molar-refractivity contribution is 5.89. The number of hydrogen-bond acceptors (Lipinski definition) is 3. The van der Waals surface area contributed by atoms with Gasteiger partial charge in [-0.05, 0) is 36.8 Å². The Kier molecular flexibility index (Phi) is 4.05. The van der Waals surface area contributed by atoms with Gasteiger partial charge in [0, 0.05) is 0 Å². The zero-order chi connectivity index (χ0) is 15.4. The summed E-state index contributed by atoms with van der Waals surface area (Å²) in [5.41, 5.74) is 2.73. The van der Waals surface area contributed by atoms with E-state index in [0.29, 0.717) is 13.2 Å². The molecule has 1 amide bonds. The monoisotopic (exact) mass is 295 g/mol. The average Bonchev–Trinajstić information content (AvgIpc) is 2.95. The van der Waals surface area contributed by atoms with E-state index in [1.165, 1.54) is 10.9 Å². The van der Waals surface area contributed by atoms with Crippen molar-refractivity contribution in [2.75, 3.05) is 13.2 Å². The molecule has 1 heterocycles. The number of amides is 1. The van der Waals surface area contributed by atoms with Crippen molar-refractivity contribution in [2.24, 2.45) is 0 Å². The van der Waals surface area contributed by atoms with Gasteiger partial charge in [-0.1, -0.05) is 24.3 Å². The zero-order valence-corrected chi connectivity index (χ0v) is 12.3. The van der Waals surface area contributed by atoms with Crippen LogP contribution in [0.15, 0.2) is 54.9 Å². The summed E-state index contributed by atoms with van der Waals surface area (Å²) in [4.78, 5) is 16.4. The van der Waals surface area contributed by atoms with Crippen molar-refractivity contribution in [1.82, 2.24) is 14.9 Å². The molecule has 0 aliphatic carbocycles. The molecule has 22 heavy (non-hydrogen) atoms. The average molecular weight is 295 g/mol. The minimum absolute atomic E-state index is 0.206. The first-order chi connectivity index (χ1) is 10.7. The van der Waals surface area contributed by atoms with Crippen molar-refractivity contribution < 1.29 is 9.53 Å². The van der Waals surface area contributed by atoms with E-state index in [-0.39, 0.29) is 6.03 Å². The van der Waals surface area contributed by atoms with E-state index in [1.807, 2.05) is 55.5 Å². The molecule has 0 bridgehead atoms. The third-order valence-electron chi connectivity index (χ3n) is 3.31. The number of ether oxygens (including phenoxy) is 1. The first-order valence-corrected chi connectivity index (χ1v) is 7.14. The molecule has 0 aliphatic rings. The molecule has 3 rings (SSSR count). The van der Waals surface area contributed by atoms with Gasteiger partial charge in [0.05, 0.1) is 17.6 Å². The molecule has 1 N–H and O–H groups in total. The predicted octanol–water partition coefficient (Wildman–Crippen LogP) is 2.98. The lowest BCUT2D eigenvalue weighted by Crippen LogP contribution is -2.31. The zero-order valence-electron chi connectivity index (χ0n) is 12.3. The normalized spacial score (nSPS) is 10.6. The van der Waals surface area contributed by atoms with Gasteiger partial charge >= 0.3 is 6.03 Å². The topological polar surface area (TPSA) is 56.2 Å². The van der Waals surface area contributed by atoms with Crippen LogP contribution in [0.5, 0.6) is 5.75 Å². The number of rotatable bonds is 4. The third kappa shape index (κ3) is 3.09. The molecular formula is C17H17N3O2. The van der Waals surface area contributed by atoms with Gasteiger partial charge in [0.25, 0.3) is 0 Å². The Balaban J connectivity index is 1.57. The van der Waals surface area contributed by atoms with Gasteiger partial charge in [0.1, 0.15) is 18.7 Å². The standard InChI is InChI=1S/C17H17N3O2/c1-13-7-8-16-15(11-13)19-12-20(16)17(21)18-9-10-22-14-5-3-2-4-6-14/h2-8,11-12H,9-10H2,1H3,(H,18,21). The highest BCUT2D eigenvalue weighted by Crippen LogP contribution is 2.14. The number of benzene rings is 2. The fourth-order valence-electron chi connectivity index (χ4n) is 2.21.